The zero-order valence-corrected chi connectivity index (χ0v) is 20.5. The van der Waals surface area contributed by atoms with Crippen LogP contribution in [0.1, 0.15) is 72.8 Å². The molecule has 0 aromatic heterocycles. The van der Waals surface area contributed by atoms with E-state index in [0.29, 0.717) is 0 Å². The lowest BCUT2D eigenvalue weighted by atomic mass is 10.00. The van der Waals surface area contributed by atoms with Gasteiger partial charge in [-0.05, 0) is 85.3 Å². The number of hydrogen-bond acceptors (Lipinski definition) is 3. The molecule has 1 atom stereocenters. The van der Waals surface area contributed by atoms with Gasteiger partial charge in [-0.25, -0.2) is 0 Å². The predicted octanol–water partition coefficient (Wildman–Crippen LogP) is 6.77. The maximum Gasteiger partial charge on any atom is 0.142 e. The molecular formula is C28H44O3. The van der Waals surface area contributed by atoms with Crippen LogP contribution in [0.3, 0.4) is 0 Å². The molecule has 0 saturated heterocycles. The Kier molecular flexibility index (Phi) is 19.7. The first kappa shape index (κ1) is 31.0. The van der Waals surface area contributed by atoms with Crippen molar-refractivity contribution in [3.63, 3.8) is 0 Å². The summed E-state index contributed by atoms with van der Waals surface area (Å²) in [6, 6.07) is 9.95. The Balaban J connectivity index is 0. The Bertz CT molecular complexity index is 671. The molecule has 174 valence electrons. The first-order chi connectivity index (χ1) is 14.6. The van der Waals surface area contributed by atoms with Crippen molar-refractivity contribution in [1.29, 1.82) is 0 Å². The van der Waals surface area contributed by atoms with Gasteiger partial charge in [-0.2, -0.15) is 0 Å². The van der Waals surface area contributed by atoms with Gasteiger partial charge in [0.05, 0.1) is 5.60 Å². The second kappa shape index (κ2) is 19.7. The fraction of sp³-hybridized carbons (Fsp3) is 0.464. The second-order valence-electron chi connectivity index (χ2n) is 8.31. The number of aldehydes is 1. The van der Waals surface area contributed by atoms with Crippen molar-refractivity contribution < 1.29 is 15.0 Å². The largest absolute Gasteiger partial charge is 0.396 e. The Hall–Kier alpha value is -2.23. The number of hydrogen-bond donors (Lipinski definition) is 2. The highest BCUT2D eigenvalue weighted by Gasteiger charge is 2.12. The van der Waals surface area contributed by atoms with Gasteiger partial charge < -0.3 is 10.2 Å². The molecule has 1 unspecified atom stereocenters. The van der Waals surface area contributed by atoms with Crippen molar-refractivity contribution >= 4 is 6.29 Å². The monoisotopic (exact) mass is 428 g/mol. The summed E-state index contributed by atoms with van der Waals surface area (Å²) in [5.74, 6) is 0. The van der Waals surface area contributed by atoms with E-state index in [1.165, 1.54) is 16.7 Å². The molecule has 0 fully saturated rings. The number of aliphatic hydroxyl groups is 2. The normalized spacial score (nSPS) is 12.1. The van der Waals surface area contributed by atoms with Crippen LogP contribution >= 0.6 is 0 Å². The summed E-state index contributed by atoms with van der Waals surface area (Å²) in [7, 11) is 0. The third-order valence-corrected chi connectivity index (χ3v) is 4.33. The molecule has 0 aliphatic carbocycles. The quantitative estimate of drug-likeness (QED) is 0.246. The predicted molar refractivity (Wildman–Crippen MR) is 135 cm³/mol. The van der Waals surface area contributed by atoms with Crippen molar-refractivity contribution in [3.05, 3.63) is 83.5 Å². The van der Waals surface area contributed by atoms with Gasteiger partial charge in [-0.3, -0.25) is 4.79 Å². The smallest absolute Gasteiger partial charge is 0.142 e. The highest BCUT2D eigenvalue weighted by Crippen LogP contribution is 2.13. The third kappa shape index (κ3) is 23.9. The average Bonchev–Trinajstić information content (AvgIpc) is 2.69. The van der Waals surface area contributed by atoms with E-state index in [-0.39, 0.29) is 6.61 Å². The van der Waals surface area contributed by atoms with E-state index in [2.05, 4.69) is 46.4 Å². The van der Waals surface area contributed by atoms with E-state index in [1.54, 1.807) is 19.1 Å². The molecule has 1 aromatic rings. The molecule has 1 rings (SSSR count). The van der Waals surface area contributed by atoms with Gasteiger partial charge in [0.25, 0.3) is 0 Å². The van der Waals surface area contributed by atoms with Gasteiger partial charge in [0.2, 0.25) is 0 Å². The zero-order valence-electron chi connectivity index (χ0n) is 20.5. The summed E-state index contributed by atoms with van der Waals surface area (Å²) in [6.45, 7) is 15.8. The van der Waals surface area contributed by atoms with E-state index in [1.807, 2.05) is 37.3 Å². The van der Waals surface area contributed by atoms with E-state index < -0.39 is 5.60 Å². The van der Waals surface area contributed by atoms with Gasteiger partial charge in [0, 0.05) is 6.61 Å². The number of carbonyl (C=O) groups excluding carboxylic acids is 1. The highest BCUT2D eigenvalue weighted by molar-refractivity contribution is 5.65. The molecule has 1 aromatic carbocycles. The maximum absolute atomic E-state index is 10.0. The standard InChI is InChI=1S/C10H16O.C10H18O.C8H10O/c1-9(2)5-4-6-10(3)7-8-11;1-5-10(4,11)8-6-7-9(2)3;9-7-6-8-4-2-1-3-5-8/h5,7-8H,4,6H2,1-3H3;5,7,11H,1,6,8H2,2-4H3;1-5,9H,6-7H2/b10-7-;;. The molecule has 0 amide bonds. The number of aliphatic hydroxyl groups excluding tert-OH is 1. The van der Waals surface area contributed by atoms with Crippen LogP contribution in [0.2, 0.25) is 0 Å². The molecule has 3 nitrogen and oxygen atoms in total. The van der Waals surface area contributed by atoms with E-state index in [9.17, 15) is 9.90 Å². The topological polar surface area (TPSA) is 57.5 Å². The van der Waals surface area contributed by atoms with Gasteiger partial charge in [-0.15, -0.1) is 6.58 Å². The minimum absolute atomic E-state index is 0.240. The fourth-order valence-corrected chi connectivity index (χ4v) is 2.32. The number of benzene rings is 1. The zero-order chi connectivity index (χ0) is 24.1. The minimum atomic E-state index is -0.702. The SMILES string of the molecule is C=CC(C)(O)CCC=C(C)C.CC(C)=CCC/C(C)=C\C=O.OCCc1ccccc1. The van der Waals surface area contributed by atoms with Gasteiger partial charge >= 0.3 is 0 Å². The number of allylic oxidation sites excluding steroid dienone is 6. The third-order valence-electron chi connectivity index (χ3n) is 4.33. The van der Waals surface area contributed by atoms with Crippen LogP contribution < -0.4 is 0 Å². The van der Waals surface area contributed by atoms with E-state index in [4.69, 9.17) is 5.11 Å². The first-order valence-corrected chi connectivity index (χ1v) is 11.0. The van der Waals surface area contributed by atoms with Crippen LogP contribution in [0.25, 0.3) is 0 Å². The van der Waals surface area contributed by atoms with E-state index in [0.717, 1.165) is 44.0 Å². The lowest BCUT2D eigenvalue weighted by Gasteiger charge is -2.16. The lowest BCUT2D eigenvalue weighted by Crippen LogP contribution is -2.19. The van der Waals surface area contributed by atoms with Gasteiger partial charge in [0.1, 0.15) is 6.29 Å². The Morgan fingerprint density at radius 2 is 1.55 bits per heavy atom. The van der Waals surface area contributed by atoms with Crippen molar-refractivity contribution in [2.45, 2.75) is 79.2 Å². The molecule has 0 spiro atoms. The van der Waals surface area contributed by atoms with Crippen LogP contribution in [-0.4, -0.2) is 28.7 Å². The molecule has 0 radical (unpaired) electrons. The first-order valence-electron chi connectivity index (χ1n) is 11.0. The van der Waals surface area contributed by atoms with Crippen molar-refractivity contribution in [1.82, 2.24) is 0 Å². The minimum Gasteiger partial charge on any atom is -0.396 e. The average molecular weight is 429 g/mol. The molecule has 0 bridgehead atoms. The molecule has 0 saturated carbocycles. The summed E-state index contributed by atoms with van der Waals surface area (Å²) in [6.07, 6.45) is 12.8. The Morgan fingerprint density at radius 1 is 1.00 bits per heavy atom. The van der Waals surface area contributed by atoms with Crippen molar-refractivity contribution in [2.75, 3.05) is 6.61 Å². The lowest BCUT2D eigenvalue weighted by molar-refractivity contribution is -0.104. The Labute approximate surface area is 190 Å². The van der Waals surface area contributed by atoms with Crippen LogP contribution in [0, 0.1) is 0 Å². The molecule has 31 heavy (non-hydrogen) atoms. The number of carbonyl (C=O) groups is 1. The second-order valence-corrected chi connectivity index (χ2v) is 8.31. The molecule has 3 heteroatoms. The van der Waals surface area contributed by atoms with E-state index >= 15 is 0 Å². The van der Waals surface area contributed by atoms with Crippen LogP contribution in [-0.2, 0) is 11.2 Å². The summed E-state index contributed by atoms with van der Waals surface area (Å²) >= 11 is 0. The Morgan fingerprint density at radius 3 is 2.00 bits per heavy atom. The molecule has 0 heterocycles. The number of rotatable bonds is 10. The maximum atomic E-state index is 10.0. The highest BCUT2D eigenvalue weighted by atomic mass is 16.3. The summed E-state index contributed by atoms with van der Waals surface area (Å²) in [5, 5.41) is 18.0. The van der Waals surface area contributed by atoms with Gasteiger partial charge in [0.15, 0.2) is 0 Å². The van der Waals surface area contributed by atoms with Crippen LogP contribution in [0.15, 0.2) is 77.9 Å². The van der Waals surface area contributed by atoms with Crippen LogP contribution in [0.4, 0.5) is 0 Å². The van der Waals surface area contributed by atoms with Crippen LogP contribution in [0.5, 0.6) is 0 Å². The molecule has 2 N–H and O–H groups in total. The summed E-state index contributed by atoms with van der Waals surface area (Å²) in [5.41, 5.74) is 4.28. The summed E-state index contributed by atoms with van der Waals surface area (Å²) < 4.78 is 0. The van der Waals surface area contributed by atoms with Crippen molar-refractivity contribution in [2.24, 2.45) is 0 Å². The van der Waals surface area contributed by atoms with Gasteiger partial charge in [-0.1, -0.05) is 65.3 Å². The molecular weight excluding hydrogens is 384 g/mol. The summed E-state index contributed by atoms with van der Waals surface area (Å²) in [4.78, 5) is 10.0. The molecule has 0 aliphatic rings. The van der Waals surface area contributed by atoms with Crippen molar-refractivity contribution in [3.8, 4) is 0 Å². The fourth-order valence-electron chi connectivity index (χ4n) is 2.32. The molecule has 0 aliphatic heterocycles.